The molecule has 1 aliphatic rings. The van der Waals surface area contributed by atoms with Gasteiger partial charge in [-0.05, 0) is 66.0 Å². The van der Waals surface area contributed by atoms with Gasteiger partial charge in [0.25, 0.3) is 5.56 Å². The maximum Gasteiger partial charge on any atom is 0.343 e. The van der Waals surface area contributed by atoms with Crippen LogP contribution in [0.3, 0.4) is 0 Å². The lowest BCUT2D eigenvalue weighted by Gasteiger charge is -2.24. The number of aryl methyl sites for hydroxylation is 1. The molecule has 0 fully saturated rings. The molecule has 1 aromatic heterocycles. The highest BCUT2D eigenvalue weighted by Gasteiger charge is 2.33. The van der Waals surface area contributed by atoms with E-state index >= 15 is 0 Å². The van der Waals surface area contributed by atoms with Gasteiger partial charge in [0, 0.05) is 0 Å². The first-order valence-electron chi connectivity index (χ1n) is 12.0. The van der Waals surface area contributed by atoms with E-state index in [1.54, 1.807) is 36.6 Å². The van der Waals surface area contributed by atoms with Crippen LogP contribution in [0.2, 0.25) is 0 Å². The van der Waals surface area contributed by atoms with Crippen molar-refractivity contribution in [3.8, 4) is 11.5 Å². The molecular formula is C28H27BrN2O7S. The third-order valence-electron chi connectivity index (χ3n) is 6.02. The first-order chi connectivity index (χ1) is 18.7. The zero-order valence-corrected chi connectivity index (χ0v) is 24.5. The summed E-state index contributed by atoms with van der Waals surface area (Å²) in [7, 11) is 2.75. The van der Waals surface area contributed by atoms with Gasteiger partial charge in [-0.25, -0.2) is 14.6 Å². The van der Waals surface area contributed by atoms with Crippen LogP contribution in [0, 0.1) is 6.92 Å². The Morgan fingerprint density at radius 3 is 2.51 bits per heavy atom. The summed E-state index contributed by atoms with van der Waals surface area (Å²) in [6, 6.07) is 10.5. The maximum atomic E-state index is 13.8. The number of carbonyl (C=O) groups is 2. The Morgan fingerprint density at radius 2 is 1.87 bits per heavy atom. The minimum atomic E-state index is -0.682. The minimum absolute atomic E-state index is 0.205. The highest BCUT2D eigenvalue weighted by molar-refractivity contribution is 9.10. The second-order valence-corrected chi connectivity index (χ2v) is 10.5. The number of halogens is 1. The molecule has 0 unspecified atom stereocenters. The number of fused-ring (bicyclic) bond motifs is 1. The number of rotatable bonds is 8. The Bertz CT molecular complexity index is 1640. The van der Waals surface area contributed by atoms with Crippen LogP contribution in [0.5, 0.6) is 11.5 Å². The van der Waals surface area contributed by atoms with E-state index < -0.39 is 18.0 Å². The van der Waals surface area contributed by atoms with Crippen molar-refractivity contribution < 1.29 is 28.5 Å². The molecule has 0 N–H and O–H groups in total. The normalized spacial score (nSPS) is 14.9. The van der Waals surface area contributed by atoms with Crippen molar-refractivity contribution >= 4 is 45.3 Å². The molecule has 1 aliphatic heterocycles. The van der Waals surface area contributed by atoms with E-state index in [1.807, 2.05) is 31.2 Å². The van der Waals surface area contributed by atoms with Gasteiger partial charge >= 0.3 is 11.9 Å². The predicted molar refractivity (Wildman–Crippen MR) is 150 cm³/mol. The van der Waals surface area contributed by atoms with E-state index in [9.17, 15) is 14.4 Å². The lowest BCUT2D eigenvalue weighted by molar-refractivity contribution is -0.143. The molecule has 0 saturated heterocycles. The van der Waals surface area contributed by atoms with E-state index in [0.717, 1.165) is 11.1 Å². The molecule has 0 spiro atoms. The van der Waals surface area contributed by atoms with Crippen molar-refractivity contribution in [1.29, 1.82) is 0 Å². The van der Waals surface area contributed by atoms with Gasteiger partial charge in [0.2, 0.25) is 0 Å². The summed E-state index contributed by atoms with van der Waals surface area (Å²) in [5, 5.41) is 0. The summed E-state index contributed by atoms with van der Waals surface area (Å²) in [6.45, 7) is 5.38. The van der Waals surface area contributed by atoms with Crippen LogP contribution in [0.15, 0.2) is 61.9 Å². The standard InChI is InChI=1S/C28H27BrN2O7S/c1-6-37-27(34)23-16(3)30-28-31(24(23)18-9-7-15(2)8-10-18)26(33)21(39-28)13-17-11-19(29)25(20(12-17)35-4)38-14-22(32)36-5/h7-13,24H,6,14H2,1-5H3/b21-13+/t24-/m0/s1. The molecule has 0 aliphatic carbocycles. The largest absolute Gasteiger partial charge is 0.493 e. The van der Waals surface area contributed by atoms with Crippen LogP contribution in [0.4, 0.5) is 0 Å². The average molecular weight is 616 g/mol. The Labute approximate surface area is 237 Å². The molecular weight excluding hydrogens is 588 g/mol. The van der Waals surface area contributed by atoms with Gasteiger partial charge in [-0.3, -0.25) is 9.36 Å². The summed E-state index contributed by atoms with van der Waals surface area (Å²) in [5.41, 5.74) is 3.03. The van der Waals surface area contributed by atoms with E-state index in [2.05, 4.69) is 25.7 Å². The van der Waals surface area contributed by atoms with E-state index in [-0.39, 0.29) is 18.8 Å². The molecule has 204 valence electrons. The van der Waals surface area contributed by atoms with Crippen LogP contribution in [-0.4, -0.2) is 43.9 Å². The second kappa shape index (κ2) is 12.0. The topological polar surface area (TPSA) is 105 Å². The van der Waals surface area contributed by atoms with Gasteiger partial charge in [-0.15, -0.1) is 0 Å². The molecule has 0 radical (unpaired) electrons. The summed E-state index contributed by atoms with van der Waals surface area (Å²) >= 11 is 4.68. The van der Waals surface area contributed by atoms with Gasteiger partial charge in [0.1, 0.15) is 0 Å². The van der Waals surface area contributed by atoms with Gasteiger partial charge in [-0.1, -0.05) is 41.2 Å². The van der Waals surface area contributed by atoms with Crippen LogP contribution < -0.4 is 24.4 Å². The van der Waals surface area contributed by atoms with Crippen molar-refractivity contribution in [1.82, 2.24) is 4.57 Å². The molecule has 3 aromatic rings. The van der Waals surface area contributed by atoms with E-state index in [1.165, 1.54) is 25.6 Å². The summed E-state index contributed by atoms with van der Waals surface area (Å²) in [5.74, 6) is -0.342. The third-order valence-corrected chi connectivity index (χ3v) is 7.59. The zero-order valence-electron chi connectivity index (χ0n) is 22.1. The number of nitrogens with zero attached hydrogens (tertiary/aromatic N) is 2. The number of hydrogen-bond acceptors (Lipinski definition) is 9. The second-order valence-electron chi connectivity index (χ2n) is 8.61. The number of aromatic nitrogens is 1. The van der Waals surface area contributed by atoms with Crippen molar-refractivity contribution in [3.05, 3.63) is 88.5 Å². The Kier molecular flexibility index (Phi) is 8.71. The number of benzene rings is 2. The summed E-state index contributed by atoms with van der Waals surface area (Å²) < 4.78 is 23.5. The van der Waals surface area contributed by atoms with Crippen LogP contribution in [0.25, 0.3) is 6.08 Å². The molecule has 11 heteroatoms. The van der Waals surface area contributed by atoms with Crippen molar-refractivity contribution in [3.63, 3.8) is 0 Å². The average Bonchev–Trinajstić information content (AvgIpc) is 3.21. The molecule has 2 heterocycles. The number of hydrogen-bond donors (Lipinski definition) is 0. The van der Waals surface area contributed by atoms with Crippen molar-refractivity contribution in [2.24, 2.45) is 4.99 Å². The molecule has 4 rings (SSSR count). The predicted octanol–water partition coefficient (Wildman–Crippen LogP) is 3.43. The number of ether oxygens (including phenoxy) is 4. The monoisotopic (exact) mass is 614 g/mol. The molecule has 39 heavy (non-hydrogen) atoms. The summed E-state index contributed by atoms with van der Waals surface area (Å²) in [6.07, 6.45) is 1.72. The Balaban J connectivity index is 1.85. The molecule has 0 bridgehead atoms. The SMILES string of the molecule is CCOC(=O)C1=C(C)N=c2s/c(=C/c3cc(Br)c(OCC(=O)OC)c(OC)c3)c(=O)n2[C@H]1c1ccc(C)cc1. The Morgan fingerprint density at radius 1 is 1.15 bits per heavy atom. The number of esters is 2. The van der Waals surface area contributed by atoms with E-state index in [4.69, 9.17) is 14.2 Å². The molecule has 1 atom stereocenters. The molecule has 0 saturated carbocycles. The fourth-order valence-electron chi connectivity index (χ4n) is 4.16. The summed E-state index contributed by atoms with van der Waals surface area (Å²) in [4.78, 5) is 43.4. The highest BCUT2D eigenvalue weighted by Crippen LogP contribution is 2.37. The lowest BCUT2D eigenvalue weighted by atomic mass is 9.95. The van der Waals surface area contributed by atoms with Gasteiger partial charge < -0.3 is 18.9 Å². The van der Waals surface area contributed by atoms with Gasteiger partial charge in [0.05, 0.1) is 47.1 Å². The smallest absolute Gasteiger partial charge is 0.343 e. The fourth-order valence-corrected chi connectivity index (χ4v) is 5.78. The number of methoxy groups -OCH3 is 2. The van der Waals surface area contributed by atoms with Crippen LogP contribution in [-0.2, 0) is 19.1 Å². The lowest BCUT2D eigenvalue weighted by Crippen LogP contribution is -2.39. The fraction of sp³-hybridized carbons (Fsp3) is 0.286. The zero-order chi connectivity index (χ0) is 28.3. The highest BCUT2D eigenvalue weighted by atomic mass is 79.9. The molecule has 9 nitrogen and oxygen atoms in total. The van der Waals surface area contributed by atoms with Gasteiger partial charge in [0.15, 0.2) is 22.9 Å². The van der Waals surface area contributed by atoms with Crippen LogP contribution >= 0.6 is 27.3 Å². The van der Waals surface area contributed by atoms with Gasteiger partial charge in [-0.2, -0.15) is 0 Å². The van der Waals surface area contributed by atoms with Crippen LogP contribution in [0.1, 0.15) is 36.6 Å². The Hall–Kier alpha value is -3.70. The minimum Gasteiger partial charge on any atom is -0.493 e. The molecule has 0 amide bonds. The number of carbonyl (C=O) groups excluding carboxylic acids is 2. The molecule has 2 aromatic carbocycles. The number of thiazole rings is 1. The van der Waals surface area contributed by atoms with Crippen molar-refractivity contribution in [2.75, 3.05) is 27.4 Å². The third kappa shape index (κ3) is 5.84. The van der Waals surface area contributed by atoms with Crippen molar-refractivity contribution in [2.45, 2.75) is 26.8 Å². The quantitative estimate of drug-likeness (QED) is 0.358. The first kappa shape index (κ1) is 28.3. The van der Waals surface area contributed by atoms with E-state index in [0.29, 0.717) is 42.1 Å². The maximum absolute atomic E-state index is 13.8. The number of allylic oxidation sites excluding steroid dienone is 1. The first-order valence-corrected chi connectivity index (χ1v) is 13.6.